The van der Waals surface area contributed by atoms with Crippen LogP contribution in [0.3, 0.4) is 0 Å². The molecule has 0 aromatic heterocycles. The molecule has 4 nitrogen and oxygen atoms in total. The van der Waals surface area contributed by atoms with Gasteiger partial charge in [0.2, 0.25) is 5.91 Å². The molecule has 0 bridgehead atoms. The highest BCUT2D eigenvalue weighted by atomic mass is 19.4. The molecule has 0 saturated carbocycles. The van der Waals surface area contributed by atoms with E-state index in [1.807, 2.05) is 0 Å². The zero-order valence-electron chi connectivity index (χ0n) is 12.0. The molecule has 2 rings (SSSR count). The molecule has 0 spiro atoms. The minimum atomic E-state index is -4.49. The van der Waals surface area contributed by atoms with Crippen LogP contribution in [0, 0.1) is 0 Å². The first-order chi connectivity index (χ1) is 10.2. The van der Waals surface area contributed by atoms with Crippen LogP contribution in [0.5, 0.6) is 0 Å². The Morgan fingerprint density at radius 2 is 2.05 bits per heavy atom. The fourth-order valence-corrected chi connectivity index (χ4v) is 2.50. The molecule has 1 unspecified atom stereocenters. The fraction of sp³-hybridized carbons (Fsp3) is 0.333. The number of ether oxygens (including phenoxy) is 1. The average Bonchev–Trinajstić information content (AvgIpc) is 2.45. The summed E-state index contributed by atoms with van der Waals surface area (Å²) in [5.41, 5.74) is -0.103. The summed E-state index contributed by atoms with van der Waals surface area (Å²) in [6, 6.07) is 4.63. The van der Waals surface area contributed by atoms with Crippen molar-refractivity contribution in [1.29, 1.82) is 0 Å². The van der Waals surface area contributed by atoms with Gasteiger partial charge in [-0.05, 0) is 18.6 Å². The van der Waals surface area contributed by atoms with E-state index in [0.717, 1.165) is 12.1 Å². The number of nitrogens with one attached hydrogen (secondary N) is 1. The summed E-state index contributed by atoms with van der Waals surface area (Å²) in [5.74, 6) is -1.78. The predicted octanol–water partition coefficient (Wildman–Crippen LogP) is 2.76. The van der Waals surface area contributed by atoms with Crippen molar-refractivity contribution in [3.63, 3.8) is 0 Å². The molecule has 0 fully saturated rings. The van der Waals surface area contributed by atoms with Gasteiger partial charge >= 0.3 is 12.1 Å². The quantitative estimate of drug-likeness (QED) is 0.854. The molecule has 0 aliphatic carbocycles. The van der Waals surface area contributed by atoms with Gasteiger partial charge in [-0.15, -0.1) is 0 Å². The van der Waals surface area contributed by atoms with Crippen molar-refractivity contribution in [2.24, 2.45) is 0 Å². The van der Waals surface area contributed by atoms with Crippen molar-refractivity contribution in [2.45, 2.75) is 25.4 Å². The number of halogens is 3. The third-order valence-corrected chi connectivity index (χ3v) is 3.49. The Morgan fingerprint density at radius 1 is 1.36 bits per heavy atom. The van der Waals surface area contributed by atoms with Crippen LogP contribution in [0.4, 0.5) is 13.2 Å². The summed E-state index contributed by atoms with van der Waals surface area (Å²) < 4.78 is 43.2. The van der Waals surface area contributed by atoms with E-state index in [4.69, 9.17) is 0 Å². The van der Waals surface area contributed by atoms with Crippen LogP contribution >= 0.6 is 0 Å². The van der Waals surface area contributed by atoms with Gasteiger partial charge in [-0.25, -0.2) is 4.79 Å². The maximum absolute atomic E-state index is 12.8. The van der Waals surface area contributed by atoms with Gasteiger partial charge in [-0.3, -0.25) is 4.79 Å². The zero-order valence-corrected chi connectivity index (χ0v) is 12.0. The summed E-state index contributed by atoms with van der Waals surface area (Å²) in [6.07, 6.45) is -4.60. The van der Waals surface area contributed by atoms with Crippen molar-refractivity contribution < 1.29 is 27.5 Å². The number of alkyl halides is 3. The molecule has 7 heteroatoms. The first-order valence-corrected chi connectivity index (χ1v) is 6.50. The number of hydrogen-bond acceptors (Lipinski definition) is 3. The molecule has 1 amide bonds. The van der Waals surface area contributed by atoms with Crippen molar-refractivity contribution in [3.8, 4) is 0 Å². The zero-order chi connectivity index (χ0) is 16.5. The van der Waals surface area contributed by atoms with Crippen LogP contribution in [0.2, 0.25) is 0 Å². The smallest absolute Gasteiger partial charge is 0.416 e. The normalized spacial score (nSPS) is 19.0. The maximum atomic E-state index is 12.8. The van der Waals surface area contributed by atoms with E-state index >= 15 is 0 Å². The summed E-state index contributed by atoms with van der Waals surface area (Å²) in [7, 11) is 1.18. The van der Waals surface area contributed by atoms with E-state index in [1.165, 1.54) is 26.2 Å². The van der Waals surface area contributed by atoms with Crippen molar-refractivity contribution in [1.82, 2.24) is 5.32 Å². The standard InChI is InChI=1S/C15H14F3NO3/c1-8-13(14(21)22-2)11(7-12(20)19-8)9-4-3-5-10(6-9)15(16,17)18/h3-6,11H,7H2,1-2H3,(H,19,20). The molecule has 1 atom stereocenters. The first kappa shape index (κ1) is 16.1. The molecular formula is C15H14F3NO3. The van der Waals surface area contributed by atoms with Gasteiger partial charge in [-0.2, -0.15) is 13.2 Å². The van der Waals surface area contributed by atoms with E-state index in [9.17, 15) is 22.8 Å². The molecule has 0 radical (unpaired) electrons. The Bertz CT molecular complexity index is 650. The monoisotopic (exact) mass is 313 g/mol. The maximum Gasteiger partial charge on any atom is 0.416 e. The van der Waals surface area contributed by atoms with Crippen LogP contribution in [0.1, 0.15) is 30.4 Å². The third-order valence-electron chi connectivity index (χ3n) is 3.49. The molecule has 1 heterocycles. The Labute approximate surface area is 125 Å². The fourth-order valence-electron chi connectivity index (χ4n) is 2.50. The molecule has 1 aliphatic heterocycles. The van der Waals surface area contributed by atoms with E-state index in [-0.39, 0.29) is 23.5 Å². The lowest BCUT2D eigenvalue weighted by molar-refractivity contribution is -0.137. The van der Waals surface area contributed by atoms with Crippen molar-refractivity contribution in [3.05, 3.63) is 46.7 Å². The molecular weight excluding hydrogens is 299 g/mol. The molecule has 1 N–H and O–H groups in total. The van der Waals surface area contributed by atoms with Crippen molar-refractivity contribution in [2.75, 3.05) is 7.11 Å². The number of carbonyl (C=O) groups excluding carboxylic acids is 2. The lowest BCUT2D eigenvalue weighted by Gasteiger charge is -2.26. The second kappa shape index (κ2) is 5.82. The number of esters is 1. The van der Waals surface area contributed by atoms with Gasteiger partial charge < -0.3 is 10.1 Å². The molecule has 0 saturated heterocycles. The highest BCUT2D eigenvalue weighted by Crippen LogP contribution is 2.36. The second-order valence-electron chi connectivity index (χ2n) is 4.96. The van der Waals surface area contributed by atoms with Gasteiger partial charge in [0.25, 0.3) is 0 Å². The van der Waals surface area contributed by atoms with E-state index < -0.39 is 23.6 Å². The Kier molecular flexibility index (Phi) is 4.25. The molecule has 1 aromatic rings. The van der Waals surface area contributed by atoms with Crippen LogP contribution in [0.25, 0.3) is 0 Å². The first-order valence-electron chi connectivity index (χ1n) is 6.50. The van der Waals surface area contributed by atoms with Crippen LogP contribution in [-0.4, -0.2) is 19.0 Å². The van der Waals surface area contributed by atoms with E-state index in [1.54, 1.807) is 0 Å². The summed E-state index contributed by atoms with van der Waals surface area (Å²) in [5, 5.41) is 2.51. The molecule has 22 heavy (non-hydrogen) atoms. The lowest BCUT2D eigenvalue weighted by Crippen LogP contribution is -2.34. The van der Waals surface area contributed by atoms with Gasteiger partial charge in [0.15, 0.2) is 0 Å². The van der Waals surface area contributed by atoms with E-state index in [2.05, 4.69) is 10.1 Å². The summed E-state index contributed by atoms with van der Waals surface area (Å²) in [6.45, 7) is 1.52. The Hall–Kier alpha value is -2.31. The van der Waals surface area contributed by atoms with Crippen LogP contribution < -0.4 is 5.32 Å². The highest BCUT2D eigenvalue weighted by molar-refractivity contribution is 5.95. The number of rotatable bonds is 2. The van der Waals surface area contributed by atoms with Crippen LogP contribution in [-0.2, 0) is 20.5 Å². The highest BCUT2D eigenvalue weighted by Gasteiger charge is 2.35. The topological polar surface area (TPSA) is 55.4 Å². The van der Waals surface area contributed by atoms with Gasteiger partial charge in [0.05, 0.1) is 18.2 Å². The number of amides is 1. The number of methoxy groups -OCH3 is 1. The van der Waals surface area contributed by atoms with E-state index in [0.29, 0.717) is 5.70 Å². The largest absolute Gasteiger partial charge is 0.466 e. The Balaban J connectivity index is 2.51. The summed E-state index contributed by atoms with van der Waals surface area (Å²) in [4.78, 5) is 23.6. The van der Waals surface area contributed by atoms with Crippen molar-refractivity contribution >= 4 is 11.9 Å². The van der Waals surface area contributed by atoms with Gasteiger partial charge in [-0.1, -0.05) is 18.2 Å². The van der Waals surface area contributed by atoms with Gasteiger partial charge in [0, 0.05) is 18.0 Å². The minimum Gasteiger partial charge on any atom is -0.466 e. The molecule has 118 valence electrons. The number of benzene rings is 1. The number of allylic oxidation sites excluding steroid dienone is 1. The minimum absolute atomic E-state index is 0.108. The van der Waals surface area contributed by atoms with Gasteiger partial charge in [0.1, 0.15) is 0 Å². The SMILES string of the molecule is COC(=O)C1=C(C)NC(=O)CC1c1cccc(C(F)(F)F)c1. The number of carbonyl (C=O) groups is 2. The lowest BCUT2D eigenvalue weighted by atomic mass is 9.84. The predicted molar refractivity (Wildman–Crippen MR) is 71.7 cm³/mol. The second-order valence-corrected chi connectivity index (χ2v) is 4.96. The average molecular weight is 313 g/mol. The molecule has 1 aliphatic rings. The number of hydrogen-bond donors (Lipinski definition) is 1. The summed E-state index contributed by atoms with van der Waals surface area (Å²) >= 11 is 0. The third kappa shape index (κ3) is 3.13. The molecule has 1 aromatic carbocycles. The van der Waals surface area contributed by atoms with Crippen LogP contribution in [0.15, 0.2) is 35.5 Å². The Morgan fingerprint density at radius 3 is 2.64 bits per heavy atom.